The van der Waals surface area contributed by atoms with E-state index in [0.717, 1.165) is 52.5 Å². The molecular weight excluding hydrogens is 464 g/mol. The first kappa shape index (κ1) is 24.9. The van der Waals surface area contributed by atoms with Crippen LogP contribution in [0.1, 0.15) is 39.0 Å². The van der Waals surface area contributed by atoms with Gasteiger partial charge in [-0.2, -0.15) is 0 Å². The van der Waals surface area contributed by atoms with Gasteiger partial charge in [-0.3, -0.25) is 0 Å². The summed E-state index contributed by atoms with van der Waals surface area (Å²) in [5.41, 5.74) is 2.08. The molecule has 182 valence electrons. The van der Waals surface area contributed by atoms with Crippen molar-refractivity contribution in [2.75, 3.05) is 26.9 Å². The third kappa shape index (κ3) is 5.91. The Kier molecular flexibility index (Phi) is 8.69. The van der Waals surface area contributed by atoms with Gasteiger partial charge in [0.25, 0.3) is 0 Å². The molecule has 6 atom stereocenters. The number of benzene rings is 1. The minimum atomic E-state index is -1.30. The third-order valence-corrected chi connectivity index (χ3v) is 8.90. The van der Waals surface area contributed by atoms with Crippen LogP contribution < -0.4 is 4.74 Å². The second kappa shape index (κ2) is 11.5. The third-order valence-electron chi connectivity index (χ3n) is 6.08. The van der Waals surface area contributed by atoms with Gasteiger partial charge in [-0.15, -0.1) is 23.1 Å². The van der Waals surface area contributed by atoms with Gasteiger partial charge in [-0.05, 0) is 35.7 Å². The molecule has 4 rings (SSSR count). The molecule has 0 bridgehead atoms. The molecule has 9 heteroatoms. The summed E-state index contributed by atoms with van der Waals surface area (Å²) in [5.74, 6) is 0.794. The summed E-state index contributed by atoms with van der Waals surface area (Å²) in [6.07, 6.45) is -0.383. The quantitative estimate of drug-likeness (QED) is 0.419. The fourth-order valence-electron chi connectivity index (χ4n) is 4.26. The summed E-state index contributed by atoms with van der Waals surface area (Å²) < 4.78 is 16.6. The maximum absolute atomic E-state index is 10.7. The Balaban J connectivity index is 1.51. The number of ether oxygens (including phenoxy) is 3. The first-order valence-corrected chi connectivity index (χ1v) is 13.0. The van der Waals surface area contributed by atoms with Crippen molar-refractivity contribution in [1.29, 1.82) is 0 Å². The first-order chi connectivity index (χ1) is 16.0. The van der Waals surface area contributed by atoms with Crippen molar-refractivity contribution in [2.45, 2.75) is 60.8 Å². The van der Waals surface area contributed by atoms with Crippen molar-refractivity contribution in [2.24, 2.45) is 0 Å². The molecule has 7 nitrogen and oxygen atoms in total. The van der Waals surface area contributed by atoms with Crippen molar-refractivity contribution in [3.8, 4) is 5.75 Å². The summed E-state index contributed by atoms with van der Waals surface area (Å²) in [7, 11) is 1.65. The van der Waals surface area contributed by atoms with Crippen LogP contribution in [-0.4, -0.2) is 77.2 Å². The highest BCUT2D eigenvalue weighted by Crippen LogP contribution is 2.46. The molecule has 2 saturated heterocycles. The van der Waals surface area contributed by atoms with E-state index in [2.05, 4.69) is 6.07 Å². The Hall–Kier alpha value is -1.17. The predicted octanol–water partition coefficient (Wildman–Crippen LogP) is 2.27. The molecule has 2 unspecified atom stereocenters. The number of thioether (sulfide) groups is 1. The lowest BCUT2D eigenvalue weighted by Crippen LogP contribution is -2.51. The van der Waals surface area contributed by atoms with Crippen molar-refractivity contribution >= 4 is 23.1 Å². The molecule has 0 radical (unpaired) electrons. The molecule has 4 N–H and O–H groups in total. The van der Waals surface area contributed by atoms with Gasteiger partial charge >= 0.3 is 0 Å². The van der Waals surface area contributed by atoms with E-state index in [1.165, 1.54) is 11.8 Å². The van der Waals surface area contributed by atoms with Crippen LogP contribution >= 0.6 is 23.1 Å². The lowest BCUT2D eigenvalue weighted by Gasteiger charge is -2.39. The lowest BCUT2D eigenvalue weighted by molar-refractivity contribution is -0.0700. The van der Waals surface area contributed by atoms with Crippen LogP contribution in [0.3, 0.4) is 0 Å². The fraction of sp³-hybridized carbons (Fsp3) is 0.583. The topological polar surface area (TPSA) is 109 Å². The highest BCUT2D eigenvalue weighted by atomic mass is 32.2. The summed E-state index contributed by atoms with van der Waals surface area (Å²) in [5, 5.41) is 39.9. The summed E-state index contributed by atoms with van der Waals surface area (Å²) in [6, 6.07) is 10.1. The molecule has 33 heavy (non-hydrogen) atoms. The average Bonchev–Trinajstić information content (AvgIpc) is 3.47. The van der Waals surface area contributed by atoms with E-state index in [4.69, 9.17) is 14.2 Å². The maximum atomic E-state index is 10.7. The molecule has 2 aliphatic heterocycles. The smallest absolute Gasteiger partial charge is 0.199 e. The number of hydrogen-bond donors (Lipinski definition) is 4. The highest BCUT2D eigenvalue weighted by molar-refractivity contribution is 8.00. The monoisotopic (exact) mass is 496 g/mol. The molecule has 2 aliphatic rings. The van der Waals surface area contributed by atoms with E-state index in [1.807, 2.05) is 24.3 Å². The summed E-state index contributed by atoms with van der Waals surface area (Å²) in [4.78, 5) is 2.22. The largest absolute Gasteiger partial charge is 0.465 e. The Morgan fingerprint density at radius 3 is 2.55 bits per heavy atom. The Morgan fingerprint density at radius 2 is 1.88 bits per heavy atom. The normalized spacial score (nSPS) is 30.0. The SMILES string of the molecule is COCCc1sc(Cc2ccc(OC3CCCO3)cc2)cc1C1S[C@H](CO)[C@@H](O)[C@H](O)[C@H]1O. The lowest BCUT2D eigenvalue weighted by atomic mass is 9.96. The number of methoxy groups -OCH3 is 1. The Bertz CT molecular complexity index is 879. The zero-order chi connectivity index (χ0) is 23.4. The first-order valence-electron chi connectivity index (χ1n) is 11.3. The molecule has 1 aromatic carbocycles. The molecule has 0 spiro atoms. The van der Waals surface area contributed by atoms with Gasteiger partial charge in [0.1, 0.15) is 11.9 Å². The molecule has 0 aliphatic carbocycles. The molecule has 0 amide bonds. The highest BCUT2D eigenvalue weighted by Gasteiger charge is 2.44. The van der Waals surface area contributed by atoms with Crippen molar-refractivity contribution in [3.63, 3.8) is 0 Å². The van der Waals surface area contributed by atoms with Gasteiger partial charge in [0.05, 0.1) is 42.5 Å². The van der Waals surface area contributed by atoms with E-state index in [-0.39, 0.29) is 12.9 Å². The van der Waals surface area contributed by atoms with E-state index in [9.17, 15) is 20.4 Å². The van der Waals surface area contributed by atoms with E-state index in [0.29, 0.717) is 13.0 Å². The summed E-state index contributed by atoms with van der Waals surface area (Å²) in [6.45, 7) is 1.03. The number of thiophene rings is 1. The molecule has 3 heterocycles. The molecule has 1 aromatic heterocycles. The number of rotatable bonds is 9. The molecular formula is C24H32O7S2. The van der Waals surface area contributed by atoms with Crippen LogP contribution in [0.25, 0.3) is 0 Å². The Labute approximate surface area is 202 Å². The van der Waals surface area contributed by atoms with Crippen LogP contribution in [0.15, 0.2) is 30.3 Å². The molecule has 2 fully saturated rings. The van der Waals surface area contributed by atoms with Crippen LogP contribution in [0.5, 0.6) is 5.75 Å². The number of aliphatic hydroxyl groups is 4. The number of aliphatic hydroxyl groups excluding tert-OH is 4. The summed E-state index contributed by atoms with van der Waals surface area (Å²) >= 11 is 2.99. The van der Waals surface area contributed by atoms with E-state index >= 15 is 0 Å². The second-order valence-electron chi connectivity index (χ2n) is 8.46. The minimum absolute atomic E-state index is 0.157. The van der Waals surface area contributed by atoms with Crippen LogP contribution in [-0.2, 0) is 22.3 Å². The van der Waals surface area contributed by atoms with Gasteiger partial charge in [-0.25, -0.2) is 0 Å². The molecule has 2 aromatic rings. The van der Waals surface area contributed by atoms with Gasteiger partial charge in [0.2, 0.25) is 0 Å². The zero-order valence-corrected chi connectivity index (χ0v) is 20.3. The fourth-order valence-corrected chi connectivity index (χ4v) is 7.03. The van der Waals surface area contributed by atoms with E-state index < -0.39 is 28.8 Å². The zero-order valence-electron chi connectivity index (χ0n) is 18.6. The minimum Gasteiger partial charge on any atom is -0.465 e. The van der Waals surface area contributed by atoms with Crippen molar-refractivity contribution in [3.05, 3.63) is 51.2 Å². The van der Waals surface area contributed by atoms with Crippen LogP contribution in [0.2, 0.25) is 0 Å². The maximum Gasteiger partial charge on any atom is 0.199 e. The standard InChI is InChI=1S/C24H32O7S2/c1-29-10-8-18-17(24-23(28)22(27)21(26)19(13-25)33-24)12-16(32-18)11-14-4-6-15(7-5-14)31-20-3-2-9-30-20/h4-7,12,19-28H,2-3,8-11,13H2,1H3/t19-,20?,21-,22+,23-,24?/m1/s1. The van der Waals surface area contributed by atoms with Crippen molar-refractivity contribution in [1.82, 2.24) is 0 Å². The van der Waals surface area contributed by atoms with Gasteiger partial charge < -0.3 is 34.6 Å². The van der Waals surface area contributed by atoms with Crippen LogP contribution in [0.4, 0.5) is 0 Å². The molecule has 0 saturated carbocycles. The predicted molar refractivity (Wildman–Crippen MR) is 128 cm³/mol. The average molecular weight is 497 g/mol. The van der Waals surface area contributed by atoms with E-state index in [1.54, 1.807) is 18.4 Å². The van der Waals surface area contributed by atoms with Gasteiger partial charge in [0.15, 0.2) is 6.29 Å². The van der Waals surface area contributed by atoms with Crippen LogP contribution in [0, 0.1) is 0 Å². The van der Waals surface area contributed by atoms with Gasteiger partial charge in [-0.1, -0.05) is 12.1 Å². The van der Waals surface area contributed by atoms with Gasteiger partial charge in [0, 0.05) is 36.1 Å². The van der Waals surface area contributed by atoms with Crippen molar-refractivity contribution < 1.29 is 34.6 Å². The Morgan fingerprint density at radius 1 is 1.09 bits per heavy atom. The second-order valence-corrected chi connectivity index (χ2v) is 11.1. The number of hydrogen-bond acceptors (Lipinski definition) is 9.